The summed E-state index contributed by atoms with van der Waals surface area (Å²) in [4.78, 5) is 11.6. The van der Waals surface area contributed by atoms with Crippen LogP contribution in [0.2, 0.25) is 0 Å². The van der Waals surface area contributed by atoms with E-state index in [4.69, 9.17) is 4.42 Å². The van der Waals surface area contributed by atoms with Gasteiger partial charge in [-0.1, -0.05) is 0 Å². The molecular formula is C12H18N2O2. The Bertz CT molecular complexity index is 316. The molecule has 1 atom stereocenters. The van der Waals surface area contributed by atoms with Crippen molar-refractivity contribution in [3.05, 3.63) is 24.2 Å². The van der Waals surface area contributed by atoms with E-state index in [1.807, 2.05) is 12.1 Å². The minimum absolute atomic E-state index is 0.116. The average Bonchev–Trinajstić information content (AvgIpc) is 2.81. The summed E-state index contributed by atoms with van der Waals surface area (Å²) in [5.41, 5.74) is 0. The van der Waals surface area contributed by atoms with Crippen LogP contribution in [0.4, 0.5) is 0 Å². The van der Waals surface area contributed by atoms with Crippen molar-refractivity contribution < 1.29 is 9.21 Å². The fraction of sp³-hybridized carbons (Fsp3) is 0.583. The largest absolute Gasteiger partial charge is 0.469 e. The molecular weight excluding hydrogens is 204 g/mol. The van der Waals surface area contributed by atoms with Crippen molar-refractivity contribution in [2.24, 2.45) is 0 Å². The fourth-order valence-electron chi connectivity index (χ4n) is 1.97. The molecule has 1 amide bonds. The highest BCUT2D eigenvalue weighted by molar-refractivity contribution is 5.76. The van der Waals surface area contributed by atoms with Crippen LogP contribution in [-0.2, 0) is 11.2 Å². The van der Waals surface area contributed by atoms with E-state index >= 15 is 0 Å². The second-order valence-corrected chi connectivity index (χ2v) is 4.19. The van der Waals surface area contributed by atoms with E-state index in [1.54, 1.807) is 6.26 Å². The van der Waals surface area contributed by atoms with E-state index in [9.17, 15) is 4.79 Å². The normalized spacial score (nSPS) is 20.6. The number of carbonyl (C=O) groups is 1. The average molecular weight is 222 g/mol. The van der Waals surface area contributed by atoms with Crippen LogP contribution in [0.1, 0.15) is 25.0 Å². The lowest BCUT2D eigenvalue weighted by Gasteiger charge is -2.23. The fourth-order valence-corrected chi connectivity index (χ4v) is 1.97. The molecule has 1 fully saturated rings. The van der Waals surface area contributed by atoms with Crippen LogP contribution >= 0.6 is 0 Å². The zero-order valence-corrected chi connectivity index (χ0v) is 9.37. The highest BCUT2D eigenvalue weighted by atomic mass is 16.3. The molecule has 1 saturated heterocycles. The number of furan rings is 1. The first kappa shape index (κ1) is 11.2. The molecule has 1 aromatic heterocycles. The summed E-state index contributed by atoms with van der Waals surface area (Å²) in [6.07, 6.45) is 5.05. The minimum Gasteiger partial charge on any atom is -0.469 e. The van der Waals surface area contributed by atoms with E-state index in [1.165, 1.54) is 0 Å². The lowest BCUT2D eigenvalue weighted by Crippen LogP contribution is -2.45. The van der Waals surface area contributed by atoms with Gasteiger partial charge in [0.2, 0.25) is 5.91 Å². The molecule has 4 nitrogen and oxygen atoms in total. The first-order valence-corrected chi connectivity index (χ1v) is 5.87. The van der Waals surface area contributed by atoms with Gasteiger partial charge in [0.1, 0.15) is 5.76 Å². The number of hydrogen-bond acceptors (Lipinski definition) is 3. The summed E-state index contributed by atoms with van der Waals surface area (Å²) in [6, 6.07) is 4.05. The topological polar surface area (TPSA) is 54.3 Å². The molecule has 0 saturated carbocycles. The van der Waals surface area contributed by atoms with Crippen molar-refractivity contribution in [2.45, 2.75) is 31.7 Å². The zero-order valence-electron chi connectivity index (χ0n) is 9.37. The SMILES string of the molecule is O=C(CCc1ccco1)NC1CCCNC1. The van der Waals surface area contributed by atoms with Gasteiger partial charge in [-0.05, 0) is 31.5 Å². The van der Waals surface area contributed by atoms with E-state index in [0.29, 0.717) is 18.9 Å². The number of hydrogen-bond donors (Lipinski definition) is 2. The molecule has 0 spiro atoms. The van der Waals surface area contributed by atoms with Gasteiger partial charge in [-0.3, -0.25) is 4.79 Å². The highest BCUT2D eigenvalue weighted by Gasteiger charge is 2.15. The monoisotopic (exact) mass is 222 g/mol. The molecule has 88 valence electrons. The summed E-state index contributed by atoms with van der Waals surface area (Å²) in [6.45, 7) is 1.96. The van der Waals surface area contributed by atoms with Gasteiger partial charge in [0.25, 0.3) is 0 Å². The number of piperidine rings is 1. The van der Waals surface area contributed by atoms with Gasteiger partial charge in [0, 0.05) is 25.4 Å². The maximum absolute atomic E-state index is 11.6. The molecule has 2 rings (SSSR count). The molecule has 2 heterocycles. The van der Waals surface area contributed by atoms with Crippen molar-refractivity contribution >= 4 is 5.91 Å². The van der Waals surface area contributed by atoms with Crippen LogP contribution in [0.15, 0.2) is 22.8 Å². The van der Waals surface area contributed by atoms with Crippen molar-refractivity contribution in [3.8, 4) is 0 Å². The van der Waals surface area contributed by atoms with Crippen molar-refractivity contribution in [2.75, 3.05) is 13.1 Å². The Morgan fingerprint density at radius 3 is 3.25 bits per heavy atom. The van der Waals surface area contributed by atoms with Gasteiger partial charge in [-0.15, -0.1) is 0 Å². The third kappa shape index (κ3) is 3.38. The summed E-state index contributed by atoms with van der Waals surface area (Å²) < 4.78 is 5.18. The molecule has 0 radical (unpaired) electrons. The molecule has 1 unspecified atom stereocenters. The van der Waals surface area contributed by atoms with Crippen molar-refractivity contribution in [1.29, 1.82) is 0 Å². The van der Waals surface area contributed by atoms with Gasteiger partial charge in [-0.2, -0.15) is 0 Å². The van der Waals surface area contributed by atoms with Gasteiger partial charge in [0.05, 0.1) is 6.26 Å². The number of aryl methyl sites for hydroxylation is 1. The molecule has 0 aliphatic carbocycles. The summed E-state index contributed by atoms with van der Waals surface area (Å²) in [7, 11) is 0. The van der Waals surface area contributed by atoms with Crippen LogP contribution < -0.4 is 10.6 Å². The van der Waals surface area contributed by atoms with Crippen LogP contribution in [-0.4, -0.2) is 25.0 Å². The lowest BCUT2D eigenvalue weighted by atomic mass is 10.1. The molecule has 0 aromatic carbocycles. The second-order valence-electron chi connectivity index (χ2n) is 4.19. The first-order chi connectivity index (χ1) is 7.84. The summed E-state index contributed by atoms with van der Waals surface area (Å²) in [5, 5.41) is 6.31. The number of carbonyl (C=O) groups excluding carboxylic acids is 1. The first-order valence-electron chi connectivity index (χ1n) is 5.87. The van der Waals surface area contributed by atoms with Gasteiger partial charge in [0.15, 0.2) is 0 Å². The Morgan fingerprint density at radius 2 is 2.56 bits per heavy atom. The van der Waals surface area contributed by atoms with Crippen LogP contribution in [0.25, 0.3) is 0 Å². The number of nitrogens with one attached hydrogen (secondary N) is 2. The summed E-state index contributed by atoms with van der Waals surface area (Å²) >= 11 is 0. The minimum atomic E-state index is 0.116. The molecule has 16 heavy (non-hydrogen) atoms. The Kier molecular flexibility index (Phi) is 3.99. The molecule has 1 aromatic rings. The van der Waals surface area contributed by atoms with Gasteiger partial charge < -0.3 is 15.1 Å². The zero-order chi connectivity index (χ0) is 11.2. The summed E-state index contributed by atoms with van der Waals surface area (Å²) in [5.74, 6) is 0.988. The quantitative estimate of drug-likeness (QED) is 0.801. The Labute approximate surface area is 95.4 Å². The van der Waals surface area contributed by atoms with E-state index in [0.717, 1.165) is 31.7 Å². The highest BCUT2D eigenvalue weighted by Crippen LogP contribution is 2.05. The second kappa shape index (κ2) is 5.70. The van der Waals surface area contributed by atoms with Crippen molar-refractivity contribution in [3.63, 3.8) is 0 Å². The predicted octanol–water partition coefficient (Wildman–Crippen LogP) is 1.08. The maximum Gasteiger partial charge on any atom is 0.220 e. The van der Waals surface area contributed by atoms with Crippen LogP contribution in [0.3, 0.4) is 0 Å². The Hall–Kier alpha value is -1.29. The van der Waals surface area contributed by atoms with Gasteiger partial charge in [-0.25, -0.2) is 0 Å². The van der Waals surface area contributed by atoms with E-state index in [2.05, 4.69) is 10.6 Å². The number of amides is 1. The standard InChI is InChI=1S/C12H18N2O2/c15-12(6-5-11-4-2-8-16-11)14-10-3-1-7-13-9-10/h2,4,8,10,13H,1,3,5-7,9H2,(H,14,15). The molecule has 4 heteroatoms. The maximum atomic E-state index is 11.6. The van der Waals surface area contributed by atoms with Crippen LogP contribution in [0, 0.1) is 0 Å². The molecule has 1 aliphatic rings. The lowest BCUT2D eigenvalue weighted by molar-refractivity contribution is -0.121. The number of rotatable bonds is 4. The molecule has 0 bridgehead atoms. The Balaban J connectivity index is 1.67. The molecule has 1 aliphatic heterocycles. The predicted molar refractivity (Wildman–Crippen MR) is 61.1 cm³/mol. The third-order valence-corrected chi connectivity index (χ3v) is 2.84. The molecule has 2 N–H and O–H groups in total. The van der Waals surface area contributed by atoms with Crippen LogP contribution in [0.5, 0.6) is 0 Å². The van der Waals surface area contributed by atoms with E-state index < -0.39 is 0 Å². The van der Waals surface area contributed by atoms with Crippen molar-refractivity contribution in [1.82, 2.24) is 10.6 Å². The Morgan fingerprint density at radius 1 is 1.62 bits per heavy atom. The van der Waals surface area contributed by atoms with Gasteiger partial charge >= 0.3 is 0 Å². The van der Waals surface area contributed by atoms with E-state index in [-0.39, 0.29) is 5.91 Å². The smallest absolute Gasteiger partial charge is 0.220 e. The third-order valence-electron chi connectivity index (χ3n) is 2.84.